The van der Waals surface area contributed by atoms with Gasteiger partial charge in [0.1, 0.15) is 5.76 Å². The Morgan fingerprint density at radius 2 is 1.90 bits per heavy atom. The number of aryl methyl sites for hydroxylation is 1. The Balaban J connectivity index is 2.12. The van der Waals surface area contributed by atoms with Gasteiger partial charge in [-0.2, -0.15) is 0 Å². The molecule has 1 aromatic carbocycles. The second kappa shape index (κ2) is 5.79. The normalized spacial score (nSPS) is 10.2. The van der Waals surface area contributed by atoms with Crippen molar-refractivity contribution in [1.82, 2.24) is 0 Å². The van der Waals surface area contributed by atoms with Gasteiger partial charge in [-0.15, -0.1) is 0 Å². The van der Waals surface area contributed by atoms with Crippen LogP contribution in [-0.4, -0.2) is 11.8 Å². The number of hydrogen-bond acceptors (Lipinski definition) is 3. The number of amides is 2. The molecule has 0 spiro atoms. The molecule has 2 aromatic rings. The predicted octanol–water partition coefficient (Wildman–Crippen LogP) is 3.45. The van der Waals surface area contributed by atoms with Crippen LogP contribution in [0.5, 0.6) is 0 Å². The van der Waals surface area contributed by atoms with Crippen molar-refractivity contribution in [1.29, 1.82) is 0 Å². The summed E-state index contributed by atoms with van der Waals surface area (Å²) in [5, 5.41) is 5.59. The summed E-state index contributed by atoms with van der Waals surface area (Å²) in [4.78, 5) is 22.8. The van der Waals surface area contributed by atoms with E-state index in [0.717, 1.165) is 0 Å². The summed E-state index contributed by atoms with van der Waals surface area (Å²) < 4.78 is 5.22. The van der Waals surface area contributed by atoms with Crippen LogP contribution in [0.2, 0.25) is 5.02 Å². The molecular weight excluding hydrogens is 280 g/mol. The molecule has 2 N–H and O–H groups in total. The quantitative estimate of drug-likeness (QED) is 0.910. The van der Waals surface area contributed by atoms with Gasteiger partial charge in [-0.1, -0.05) is 11.6 Å². The van der Waals surface area contributed by atoms with Crippen molar-refractivity contribution in [2.75, 3.05) is 10.6 Å². The lowest BCUT2D eigenvalue weighted by Gasteiger charge is -2.08. The van der Waals surface area contributed by atoms with Crippen molar-refractivity contribution < 1.29 is 14.0 Å². The predicted molar refractivity (Wildman–Crippen MR) is 77.2 cm³/mol. The van der Waals surface area contributed by atoms with Crippen LogP contribution in [0.3, 0.4) is 0 Å². The summed E-state index contributed by atoms with van der Waals surface area (Å²) in [5.41, 5.74) is 1.01. The van der Waals surface area contributed by atoms with Crippen LogP contribution in [0.15, 0.2) is 34.7 Å². The molecule has 0 saturated carbocycles. The molecule has 0 saturated heterocycles. The highest BCUT2D eigenvalue weighted by molar-refractivity contribution is 6.34. The molecule has 20 heavy (non-hydrogen) atoms. The zero-order valence-electron chi connectivity index (χ0n) is 11.0. The topological polar surface area (TPSA) is 71.3 Å². The number of hydrogen-bond donors (Lipinski definition) is 2. The van der Waals surface area contributed by atoms with Crippen molar-refractivity contribution in [3.05, 3.63) is 46.9 Å². The van der Waals surface area contributed by atoms with E-state index in [1.165, 1.54) is 6.92 Å². The third-order valence-corrected chi connectivity index (χ3v) is 2.81. The SMILES string of the molecule is CC(=O)Nc1ccc(NC(=O)c2ccc(C)o2)cc1Cl. The zero-order valence-corrected chi connectivity index (χ0v) is 11.7. The maximum Gasteiger partial charge on any atom is 0.291 e. The summed E-state index contributed by atoms with van der Waals surface area (Å²) in [6, 6.07) is 8.12. The summed E-state index contributed by atoms with van der Waals surface area (Å²) in [5.74, 6) is 0.315. The Bertz CT molecular complexity index is 664. The van der Waals surface area contributed by atoms with E-state index >= 15 is 0 Å². The van der Waals surface area contributed by atoms with Gasteiger partial charge in [0.15, 0.2) is 5.76 Å². The van der Waals surface area contributed by atoms with E-state index < -0.39 is 0 Å². The molecule has 0 radical (unpaired) electrons. The first-order valence-corrected chi connectivity index (χ1v) is 6.28. The van der Waals surface area contributed by atoms with Crippen molar-refractivity contribution in [3.8, 4) is 0 Å². The molecule has 104 valence electrons. The van der Waals surface area contributed by atoms with Crippen molar-refractivity contribution in [2.45, 2.75) is 13.8 Å². The van der Waals surface area contributed by atoms with Gasteiger partial charge in [-0.3, -0.25) is 9.59 Å². The van der Waals surface area contributed by atoms with Gasteiger partial charge in [0.2, 0.25) is 5.91 Å². The fourth-order valence-electron chi connectivity index (χ4n) is 1.63. The Morgan fingerprint density at radius 3 is 2.45 bits per heavy atom. The number of furan rings is 1. The molecular formula is C14H13ClN2O3. The molecule has 6 heteroatoms. The van der Waals surface area contributed by atoms with Gasteiger partial charge in [0.25, 0.3) is 5.91 Å². The van der Waals surface area contributed by atoms with Gasteiger partial charge >= 0.3 is 0 Å². The number of carbonyl (C=O) groups excluding carboxylic acids is 2. The largest absolute Gasteiger partial charge is 0.456 e. The van der Waals surface area contributed by atoms with Crippen LogP contribution in [0.4, 0.5) is 11.4 Å². The minimum Gasteiger partial charge on any atom is -0.456 e. The molecule has 0 unspecified atom stereocenters. The lowest BCUT2D eigenvalue weighted by Crippen LogP contribution is -2.11. The second-order valence-electron chi connectivity index (χ2n) is 4.24. The summed E-state index contributed by atoms with van der Waals surface area (Å²) in [6.07, 6.45) is 0. The van der Waals surface area contributed by atoms with E-state index in [2.05, 4.69) is 10.6 Å². The Kier molecular flexibility index (Phi) is 4.10. The first kappa shape index (κ1) is 14.1. The molecule has 0 aliphatic heterocycles. The van der Waals surface area contributed by atoms with Gasteiger partial charge in [0, 0.05) is 12.6 Å². The molecule has 0 aliphatic carbocycles. The van der Waals surface area contributed by atoms with Crippen LogP contribution in [-0.2, 0) is 4.79 Å². The summed E-state index contributed by atoms with van der Waals surface area (Å²) >= 11 is 6.02. The van der Waals surface area contributed by atoms with Gasteiger partial charge in [0.05, 0.1) is 10.7 Å². The van der Waals surface area contributed by atoms with Crippen LogP contribution < -0.4 is 10.6 Å². The lowest BCUT2D eigenvalue weighted by atomic mass is 10.2. The number of carbonyl (C=O) groups is 2. The number of nitrogens with one attached hydrogen (secondary N) is 2. The van der Waals surface area contributed by atoms with Crippen molar-refractivity contribution in [2.24, 2.45) is 0 Å². The third kappa shape index (κ3) is 3.39. The van der Waals surface area contributed by atoms with Gasteiger partial charge < -0.3 is 15.1 Å². The monoisotopic (exact) mass is 292 g/mol. The van der Waals surface area contributed by atoms with Crippen LogP contribution >= 0.6 is 11.6 Å². The van der Waals surface area contributed by atoms with Gasteiger partial charge in [-0.05, 0) is 37.3 Å². The maximum atomic E-state index is 11.9. The van der Waals surface area contributed by atoms with E-state index in [1.807, 2.05) is 0 Å². The first-order chi connectivity index (χ1) is 9.45. The molecule has 0 bridgehead atoms. The third-order valence-electron chi connectivity index (χ3n) is 2.50. The minimum absolute atomic E-state index is 0.213. The average Bonchev–Trinajstić information content (AvgIpc) is 2.79. The molecule has 2 amide bonds. The molecule has 2 rings (SSSR count). The Labute approximate surface area is 120 Å². The number of anilines is 2. The molecule has 0 atom stereocenters. The van der Waals surface area contributed by atoms with Gasteiger partial charge in [-0.25, -0.2) is 0 Å². The van der Waals surface area contributed by atoms with Crippen molar-refractivity contribution >= 4 is 34.8 Å². The van der Waals surface area contributed by atoms with Crippen LogP contribution in [0, 0.1) is 6.92 Å². The minimum atomic E-state index is -0.360. The molecule has 0 fully saturated rings. The highest BCUT2D eigenvalue weighted by atomic mass is 35.5. The second-order valence-corrected chi connectivity index (χ2v) is 4.65. The highest BCUT2D eigenvalue weighted by Crippen LogP contribution is 2.25. The fraction of sp³-hybridized carbons (Fsp3) is 0.143. The van der Waals surface area contributed by atoms with E-state index in [0.29, 0.717) is 22.2 Å². The average molecular weight is 293 g/mol. The number of halogens is 1. The molecule has 1 aromatic heterocycles. The van der Waals surface area contributed by atoms with E-state index in [9.17, 15) is 9.59 Å². The smallest absolute Gasteiger partial charge is 0.291 e. The van der Waals surface area contributed by atoms with E-state index in [-0.39, 0.29) is 17.6 Å². The standard InChI is InChI=1S/C14H13ClN2O3/c1-8-3-6-13(20-8)14(19)17-10-4-5-12(11(15)7-10)16-9(2)18/h3-7H,1-2H3,(H,16,18)(H,17,19). The fourth-order valence-corrected chi connectivity index (χ4v) is 1.86. The highest BCUT2D eigenvalue weighted by Gasteiger charge is 2.11. The molecule has 1 heterocycles. The van der Waals surface area contributed by atoms with E-state index in [1.54, 1.807) is 37.3 Å². The van der Waals surface area contributed by atoms with E-state index in [4.69, 9.17) is 16.0 Å². The number of benzene rings is 1. The molecule has 5 nitrogen and oxygen atoms in total. The maximum absolute atomic E-state index is 11.9. The zero-order chi connectivity index (χ0) is 14.7. The summed E-state index contributed by atoms with van der Waals surface area (Å²) in [6.45, 7) is 3.15. The first-order valence-electron chi connectivity index (χ1n) is 5.90. The summed E-state index contributed by atoms with van der Waals surface area (Å²) in [7, 11) is 0. The van der Waals surface area contributed by atoms with Crippen LogP contribution in [0.1, 0.15) is 23.2 Å². The Morgan fingerprint density at radius 1 is 1.15 bits per heavy atom. The Hall–Kier alpha value is -2.27. The number of rotatable bonds is 3. The van der Waals surface area contributed by atoms with Crippen LogP contribution in [0.25, 0.3) is 0 Å². The van der Waals surface area contributed by atoms with Crippen molar-refractivity contribution in [3.63, 3.8) is 0 Å². The lowest BCUT2D eigenvalue weighted by molar-refractivity contribution is -0.114. The molecule has 0 aliphatic rings.